The maximum atomic E-state index is 11.3. The predicted octanol–water partition coefficient (Wildman–Crippen LogP) is 1.20. The van der Waals surface area contributed by atoms with Crippen LogP contribution >= 0.6 is 0 Å². The maximum Gasteiger partial charge on any atom is 0.317 e. The van der Waals surface area contributed by atoms with Crippen LogP contribution in [0.1, 0.15) is 26.7 Å². The molecule has 0 spiro atoms. The molecule has 1 aliphatic heterocycles. The highest BCUT2D eigenvalue weighted by Gasteiger charge is 2.23. The van der Waals surface area contributed by atoms with Crippen molar-refractivity contribution in [1.29, 1.82) is 0 Å². The van der Waals surface area contributed by atoms with Crippen molar-refractivity contribution in [3.63, 3.8) is 0 Å². The highest BCUT2D eigenvalue weighted by atomic mass is 16.2. The lowest BCUT2D eigenvalue weighted by Gasteiger charge is -2.21. The van der Waals surface area contributed by atoms with Gasteiger partial charge in [0, 0.05) is 19.1 Å². The van der Waals surface area contributed by atoms with E-state index in [1.165, 1.54) is 0 Å². The van der Waals surface area contributed by atoms with E-state index in [0.717, 1.165) is 25.9 Å². The molecule has 2 amide bonds. The molecule has 0 aromatic heterocycles. The van der Waals surface area contributed by atoms with Crippen LogP contribution < -0.4 is 5.32 Å². The van der Waals surface area contributed by atoms with Crippen LogP contribution in [0.4, 0.5) is 4.79 Å². The summed E-state index contributed by atoms with van der Waals surface area (Å²) in [7, 11) is 0. The molecule has 3 heteroatoms. The lowest BCUT2D eigenvalue weighted by molar-refractivity contribution is 0.196. The van der Waals surface area contributed by atoms with Crippen LogP contribution in [0.25, 0.3) is 0 Å². The number of carbonyl (C=O) groups is 1. The van der Waals surface area contributed by atoms with Gasteiger partial charge in [0.05, 0.1) is 0 Å². The SMILES string of the molecule is CCNC(=O)N1CCC[C@H]1C. The standard InChI is InChI=1S/C8H16N2O/c1-3-9-8(11)10-6-4-5-7(10)2/h7H,3-6H2,1-2H3,(H,9,11)/t7-/m1/s1. The van der Waals surface area contributed by atoms with E-state index in [1.807, 2.05) is 11.8 Å². The highest BCUT2D eigenvalue weighted by Crippen LogP contribution is 2.15. The maximum absolute atomic E-state index is 11.3. The number of amides is 2. The molecule has 0 aromatic carbocycles. The molecule has 1 aliphatic rings. The fraction of sp³-hybridized carbons (Fsp3) is 0.875. The third-order valence-electron chi connectivity index (χ3n) is 2.14. The summed E-state index contributed by atoms with van der Waals surface area (Å²) in [5.41, 5.74) is 0. The van der Waals surface area contributed by atoms with Crippen molar-refractivity contribution in [2.45, 2.75) is 32.7 Å². The number of likely N-dealkylation sites (tertiary alicyclic amines) is 1. The van der Waals surface area contributed by atoms with Gasteiger partial charge in [0.1, 0.15) is 0 Å². The molecule has 0 aliphatic carbocycles. The molecule has 1 N–H and O–H groups in total. The first-order chi connectivity index (χ1) is 5.25. The zero-order valence-electron chi connectivity index (χ0n) is 7.26. The number of carbonyl (C=O) groups excluding carboxylic acids is 1. The van der Waals surface area contributed by atoms with Gasteiger partial charge in [-0.2, -0.15) is 0 Å². The topological polar surface area (TPSA) is 32.3 Å². The third kappa shape index (κ3) is 1.85. The average Bonchev–Trinajstić information content (AvgIpc) is 2.36. The Morgan fingerprint density at radius 1 is 1.73 bits per heavy atom. The smallest absolute Gasteiger partial charge is 0.317 e. The van der Waals surface area contributed by atoms with E-state index in [-0.39, 0.29) is 6.03 Å². The van der Waals surface area contributed by atoms with Crippen molar-refractivity contribution in [1.82, 2.24) is 10.2 Å². The molecule has 11 heavy (non-hydrogen) atoms. The van der Waals surface area contributed by atoms with Crippen molar-refractivity contribution < 1.29 is 4.79 Å². The molecule has 64 valence electrons. The van der Waals surface area contributed by atoms with Gasteiger partial charge in [0.25, 0.3) is 0 Å². The second kappa shape index (κ2) is 3.60. The Balaban J connectivity index is 2.39. The van der Waals surface area contributed by atoms with Crippen molar-refractivity contribution >= 4 is 6.03 Å². The molecule has 0 radical (unpaired) electrons. The summed E-state index contributed by atoms with van der Waals surface area (Å²) in [6.45, 7) is 5.69. The van der Waals surface area contributed by atoms with Crippen LogP contribution in [0.3, 0.4) is 0 Å². The highest BCUT2D eigenvalue weighted by molar-refractivity contribution is 5.74. The third-order valence-corrected chi connectivity index (χ3v) is 2.14. The van der Waals surface area contributed by atoms with Crippen molar-refractivity contribution in [3.8, 4) is 0 Å². The van der Waals surface area contributed by atoms with E-state index in [0.29, 0.717) is 6.04 Å². The second-order valence-corrected chi connectivity index (χ2v) is 3.02. The number of nitrogens with one attached hydrogen (secondary N) is 1. The van der Waals surface area contributed by atoms with E-state index < -0.39 is 0 Å². The monoisotopic (exact) mass is 156 g/mol. The lowest BCUT2D eigenvalue weighted by Crippen LogP contribution is -2.41. The second-order valence-electron chi connectivity index (χ2n) is 3.02. The lowest BCUT2D eigenvalue weighted by atomic mass is 10.2. The number of urea groups is 1. The van der Waals surface area contributed by atoms with Gasteiger partial charge in [-0.3, -0.25) is 0 Å². The summed E-state index contributed by atoms with van der Waals surface area (Å²) >= 11 is 0. The normalized spacial score (nSPS) is 23.8. The van der Waals surface area contributed by atoms with Gasteiger partial charge in [-0.1, -0.05) is 0 Å². The molecule has 1 heterocycles. The molecule has 0 bridgehead atoms. The zero-order chi connectivity index (χ0) is 8.27. The molecule has 1 fully saturated rings. The number of rotatable bonds is 1. The minimum Gasteiger partial charge on any atom is -0.338 e. The van der Waals surface area contributed by atoms with Gasteiger partial charge < -0.3 is 10.2 Å². The number of hydrogen-bond acceptors (Lipinski definition) is 1. The predicted molar refractivity (Wildman–Crippen MR) is 44.5 cm³/mol. The Hall–Kier alpha value is -0.730. The number of hydrogen-bond donors (Lipinski definition) is 1. The van der Waals surface area contributed by atoms with Crippen molar-refractivity contribution in [3.05, 3.63) is 0 Å². The van der Waals surface area contributed by atoms with Crippen LogP contribution in [0.2, 0.25) is 0 Å². The fourth-order valence-corrected chi connectivity index (χ4v) is 1.49. The summed E-state index contributed by atoms with van der Waals surface area (Å²) in [6.07, 6.45) is 2.30. The first-order valence-corrected chi connectivity index (χ1v) is 4.30. The summed E-state index contributed by atoms with van der Waals surface area (Å²) in [4.78, 5) is 13.2. The first-order valence-electron chi connectivity index (χ1n) is 4.30. The Labute approximate surface area is 67.8 Å². The largest absolute Gasteiger partial charge is 0.338 e. The minimum atomic E-state index is 0.0949. The van der Waals surface area contributed by atoms with E-state index >= 15 is 0 Å². The molecule has 0 unspecified atom stereocenters. The average molecular weight is 156 g/mol. The van der Waals surface area contributed by atoms with Gasteiger partial charge in [0.2, 0.25) is 0 Å². The molecule has 1 rings (SSSR count). The Bertz CT molecular complexity index is 147. The van der Waals surface area contributed by atoms with Gasteiger partial charge in [-0.25, -0.2) is 4.79 Å². The van der Waals surface area contributed by atoms with Crippen LogP contribution in [0.5, 0.6) is 0 Å². The van der Waals surface area contributed by atoms with E-state index in [4.69, 9.17) is 0 Å². The molecule has 0 saturated carbocycles. The first kappa shape index (κ1) is 8.37. The summed E-state index contributed by atoms with van der Waals surface area (Å²) in [6, 6.07) is 0.527. The molecule has 0 aromatic rings. The summed E-state index contributed by atoms with van der Waals surface area (Å²) in [5.74, 6) is 0. The summed E-state index contributed by atoms with van der Waals surface area (Å²) < 4.78 is 0. The Kier molecular flexibility index (Phi) is 2.74. The fourth-order valence-electron chi connectivity index (χ4n) is 1.49. The van der Waals surface area contributed by atoms with E-state index in [2.05, 4.69) is 12.2 Å². The van der Waals surface area contributed by atoms with Crippen LogP contribution in [0, 0.1) is 0 Å². The van der Waals surface area contributed by atoms with Crippen LogP contribution in [-0.4, -0.2) is 30.1 Å². The molecule has 1 saturated heterocycles. The van der Waals surface area contributed by atoms with Gasteiger partial charge in [0.15, 0.2) is 0 Å². The van der Waals surface area contributed by atoms with Gasteiger partial charge in [-0.15, -0.1) is 0 Å². The van der Waals surface area contributed by atoms with Gasteiger partial charge >= 0.3 is 6.03 Å². The van der Waals surface area contributed by atoms with Crippen LogP contribution in [0.15, 0.2) is 0 Å². The molecule has 3 nitrogen and oxygen atoms in total. The Morgan fingerprint density at radius 3 is 2.91 bits per heavy atom. The van der Waals surface area contributed by atoms with Crippen molar-refractivity contribution in [2.24, 2.45) is 0 Å². The van der Waals surface area contributed by atoms with E-state index in [1.54, 1.807) is 0 Å². The Morgan fingerprint density at radius 2 is 2.45 bits per heavy atom. The molecule has 1 atom stereocenters. The van der Waals surface area contributed by atoms with E-state index in [9.17, 15) is 4.79 Å². The molecular formula is C8H16N2O. The quantitative estimate of drug-likeness (QED) is 0.608. The molecular weight excluding hydrogens is 140 g/mol. The van der Waals surface area contributed by atoms with Crippen molar-refractivity contribution in [2.75, 3.05) is 13.1 Å². The summed E-state index contributed by atoms with van der Waals surface area (Å²) in [5, 5.41) is 2.80. The minimum absolute atomic E-state index is 0.0949. The number of nitrogens with zero attached hydrogens (tertiary/aromatic N) is 1. The zero-order valence-corrected chi connectivity index (χ0v) is 7.26. The van der Waals surface area contributed by atoms with Gasteiger partial charge in [-0.05, 0) is 26.7 Å². The van der Waals surface area contributed by atoms with Crippen LogP contribution in [-0.2, 0) is 0 Å².